The highest BCUT2D eigenvalue weighted by Crippen LogP contribution is 2.24. The number of rotatable bonds is 9. The number of nitrogens with one attached hydrogen (secondary N) is 2. The van der Waals surface area contributed by atoms with Crippen molar-refractivity contribution in [2.45, 2.75) is 52.8 Å². The summed E-state index contributed by atoms with van der Waals surface area (Å²) in [6, 6.07) is 16.3. The van der Waals surface area contributed by atoms with Crippen LogP contribution in [0.1, 0.15) is 45.5 Å². The molecule has 0 aliphatic heterocycles. The topological polar surface area (TPSA) is 87.3 Å². The van der Waals surface area contributed by atoms with E-state index in [9.17, 15) is 9.59 Å². The summed E-state index contributed by atoms with van der Waals surface area (Å²) in [6.07, 6.45) is 2.99. The van der Waals surface area contributed by atoms with Crippen LogP contribution in [0.15, 0.2) is 54.7 Å². The first kappa shape index (κ1) is 24.0. The van der Waals surface area contributed by atoms with Crippen molar-refractivity contribution in [2.24, 2.45) is 0 Å². The highest BCUT2D eigenvalue weighted by molar-refractivity contribution is 5.69. The van der Waals surface area contributed by atoms with Crippen molar-refractivity contribution in [3.05, 3.63) is 66.1 Å². The van der Waals surface area contributed by atoms with E-state index < -0.39 is 5.60 Å². The molecule has 0 unspecified atom stereocenters. The van der Waals surface area contributed by atoms with Gasteiger partial charge in [-0.15, -0.1) is 0 Å². The smallest absolute Gasteiger partial charge is 0.410 e. The number of benzene rings is 2. The number of imidazole rings is 1. The van der Waals surface area contributed by atoms with Gasteiger partial charge in [-0.25, -0.2) is 9.78 Å². The van der Waals surface area contributed by atoms with Crippen LogP contribution in [0, 0.1) is 0 Å². The van der Waals surface area contributed by atoms with Crippen LogP contribution in [0.5, 0.6) is 0 Å². The molecule has 2 amide bonds. The van der Waals surface area contributed by atoms with E-state index in [1.54, 1.807) is 11.1 Å². The third kappa shape index (κ3) is 6.94. The molecule has 7 heteroatoms. The quantitative estimate of drug-likeness (QED) is 0.444. The Morgan fingerprint density at radius 1 is 1.06 bits per heavy atom. The molecule has 174 valence electrons. The predicted octanol–water partition coefficient (Wildman–Crippen LogP) is 5.14. The van der Waals surface area contributed by atoms with Crippen molar-refractivity contribution in [1.82, 2.24) is 20.2 Å². The van der Waals surface area contributed by atoms with Crippen LogP contribution in [0.2, 0.25) is 0 Å². The van der Waals surface area contributed by atoms with Gasteiger partial charge in [0.25, 0.3) is 0 Å². The third-order valence-corrected chi connectivity index (χ3v) is 4.99. The maximum atomic E-state index is 12.5. The molecular weight excluding hydrogens is 416 g/mol. The van der Waals surface area contributed by atoms with Crippen LogP contribution in [-0.4, -0.2) is 39.5 Å². The number of nitrogens with zero attached hydrogens (tertiary/aromatic N) is 2. The molecule has 0 radical (unpaired) electrons. The molecule has 0 spiro atoms. The molecular formula is C26H32N4O3. The lowest BCUT2D eigenvalue weighted by Crippen LogP contribution is -2.37. The van der Waals surface area contributed by atoms with E-state index in [4.69, 9.17) is 4.74 Å². The maximum absolute atomic E-state index is 12.5. The first-order chi connectivity index (χ1) is 15.8. The van der Waals surface area contributed by atoms with Crippen LogP contribution < -0.4 is 5.32 Å². The van der Waals surface area contributed by atoms with Gasteiger partial charge in [-0.3, -0.25) is 4.79 Å². The highest BCUT2D eigenvalue weighted by Gasteiger charge is 2.22. The van der Waals surface area contributed by atoms with E-state index in [2.05, 4.69) is 27.4 Å². The fraction of sp³-hybridized carbons (Fsp3) is 0.346. The molecule has 1 heterocycles. The number of carbonyl (C=O) groups excluding carboxylic acids is 2. The molecule has 0 saturated heterocycles. The Bertz CT molecular complexity index is 1050. The molecule has 0 fully saturated rings. The first-order valence-corrected chi connectivity index (χ1v) is 11.2. The van der Waals surface area contributed by atoms with Crippen molar-refractivity contribution >= 4 is 12.5 Å². The minimum atomic E-state index is -0.536. The molecule has 33 heavy (non-hydrogen) atoms. The summed E-state index contributed by atoms with van der Waals surface area (Å²) in [6.45, 7) is 9.11. The van der Waals surface area contributed by atoms with Crippen molar-refractivity contribution in [3.63, 3.8) is 0 Å². The summed E-state index contributed by atoms with van der Waals surface area (Å²) in [4.78, 5) is 32.4. The SMILES string of the molecule is CCCN(Cc1ncc(-c2ccc(-c3ccc(CNC=O)cc3)cc2)[nH]1)C(=O)OC(C)(C)C. The van der Waals surface area contributed by atoms with E-state index in [0.717, 1.165) is 34.4 Å². The number of H-pyrrole nitrogens is 1. The summed E-state index contributed by atoms with van der Waals surface area (Å²) < 4.78 is 5.52. The van der Waals surface area contributed by atoms with Gasteiger partial charge in [0.2, 0.25) is 6.41 Å². The molecule has 3 aromatic rings. The summed E-state index contributed by atoms with van der Waals surface area (Å²) in [7, 11) is 0. The van der Waals surface area contributed by atoms with E-state index in [1.165, 1.54) is 0 Å². The Morgan fingerprint density at radius 2 is 1.67 bits per heavy atom. The predicted molar refractivity (Wildman–Crippen MR) is 129 cm³/mol. The lowest BCUT2D eigenvalue weighted by atomic mass is 10.0. The van der Waals surface area contributed by atoms with Gasteiger partial charge >= 0.3 is 6.09 Å². The second-order valence-electron chi connectivity index (χ2n) is 8.92. The van der Waals surface area contributed by atoms with E-state index in [-0.39, 0.29) is 6.09 Å². The van der Waals surface area contributed by atoms with Gasteiger partial charge in [0, 0.05) is 13.1 Å². The number of carbonyl (C=O) groups is 2. The van der Waals surface area contributed by atoms with Gasteiger partial charge in [-0.2, -0.15) is 0 Å². The molecule has 7 nitrogen and oxygen atoms in total. The zero-order valence-electron chi connectivity index (χ0n) is 19.7. The van der Waals surface area contributed by atoms with E-state index in [1.807, 2.05) is 64.1 Å². The Hall–Kier alpha value is -3.61. The van der Waals surface area contributed by atoms with Crippen molar-refractivity contribution in [2.75, 3.05) is 6.54 Å². The fourth-order valence-corrected chi connectivity index (χ4v) is 3.42. The zero-order valence-corrected chi connectivity index (χ0v) is 19.7. The molecule has 0 aliphatic carbocycles. The molecule has 2 N–H and O–H groups in total. The Labute approximate surface area is 195 Å². The van der Waals surface area contributed by atoms with Gasteiger partial charge in [0.15, 0.2) is 0 Å². The number of amides is 2. The zero-order chi connectivity index (χ0) is 23.8. The average molecular weight is 449 g/mol. The maximum Gasteiger partial charge on any atom is 0.410 e. The molecule has 2 aromatic carbocycles. The Kier molecular flexibility index (Phi) is 7.87. The second-order valence-corrected chi connectivity index (χ2v) is 8.92. The van der Waals surface area contributed by atoms with E-state index >= 15 is 0 Å². The van der Waals surface area contributed by atoms with Gasteiger partial charge in [0.05, 0.1) is 18.4 Å². The number of ether oxygens (including phenoxy) is 1. The van der Waals surface area contributed by atoms with Crippen LogP contribution in [0.25, 0.3) is 22.4 Å². The Balaban J connectivity index is 1.68. The monoisotopic (exact) mass is 448 g/mol. The highest BCUT2D eigenvalue weighted by atomic mass is 16.6. The minimum absolute atomic E-state index is 0.334. The summed E-state index contributed by atoms with van der Waals surface area (Å²) in [5.41, 5.74) is 4.64. The van der Waals surface area contributed by atoms with Gasteiger partial charge in [-0.1, -0.05) is 55.5 Å². The standard InChI is InChI=1S/C26H32N4O3/c1-5-14-30(25(32)33-26(2,3)4)17-24-28-16-23(29-24)22-12-10-21(11-13-22)20-8-6-19(7-9-20)15-27-18-31/h6-13,16,18H,5,14-15,17H2,1-4H3,(H,27,31)(H,28,29). The van der Waals surface area contributed by atoms with Crippen LogP contribution in [-0.2, 0) is 22.6 Å². The van der Waals surface area contributed by atoms with Crippen LogP contribution in [0.3, 0.4) is 0 Å². The van der Waals surface area contributed by atoms with Gasteiger partial charge < -0.3 is 19.9 Å². The molecule has 3 rings (SSSR count). The lowest BCUT2D eigenvalue weighted by molar-refractivity contribution is -0.109. The number of hydrogen-bond acceptors (Lipinski definition) is 4. The number of aromatic amines is 1. The fourth-order valence-electron chi connectivity index (χ4n) is 3.42. The lowest BCUT2D eigenvalue weighted by Gasteiger charge is -2.26. The second kappa shape index (κ2) is 10.8. The Morgan fingerprint density at radius 3 is 2.24 bits per heavy atom. The van der Waals surface area contributed by atoms with Crippen LogP contribution >= 0.6 is 0 Å². The molecule has 0 atom stereocenters. The van der Waals surface area contributed by atoms with E-state index in [0.29, 0.717) is 31.9 Å². The molecule has 0 bridgehead atoms. The third-order valence-electron chi connectivity index (χ3n) is 4.99. The normalized spacial score (nSPS) is 11.2. The number of aromatic nitrogens is 2. The van der Waals surface area contributed by atoms with Gasteiger partial charge in [-0.05, 0) is 49.4 Å². The van der Waals surface area contributed by atoms with Crippen LogP contribution in [0.4, 0.5) is 4.79 Å². The van der Waals surface area contributed by atoms with Crippen molar-refractivity contribution in [3.8, 4) is 22.4 Å². The minimum Gasteiger partial charge on any atom is -0.444 e. The molecule has 1 aromatic heterocycles. The van der Waals surface area contributed by atoms with Crippen molar-refractivity contribution in [1.29, 1.82) is 0 Å². The summed E-state index contributed by atoms with van der Waals surface area (Å²) in [5.74, 6) is 0.716. The van der Waals surface area contributed by atoms with Gasteiger partial charge in [0.1, 0.15) is 11.4 Å². The first-order valence-electron chi connectivity index (χ1n) is 11.2. The molecule has 0 saturated carbocycles. The molecule has 0 aliphatic rings. The van der Waals surface area contributed by atoms with Crippen molar-refractivity contribution < 1.29 is 14.3 Å². The largest absolute Gasteiger partial charge is 0.444 e. The summed E-state index contributed by atoms with van der Waals surface area (Å²) >= 11 is 0. The summed E-state index contributed by atoms with van der Waals surface area (Å²) in [5, 5.41) is 2.67. The average Bonchev–Trinajstić information content (AvgIpc) is 3.25. The number of hydrogen-bond donors (Lipinski definition) is 2.